The number of nitrogens with two attached hydrogens (primary N) is 1. The van der Waals surface area contributed by atoms with E-state index in [-0.39, 0.29) is 23.7 Å². The summed E-state index contributed by atoms with van der Waals surface area (Å²) in [4.78, 5) is 28.8. The monoisotopic (exact) mass is 426 g/mol. The van der Waals surface area contributed by atoms with Gasteiger partial charge in [0.05, 0.1) is 0 Å². The van der Waals surface area contributed by atoms with E-state index in [4.69, 9.17) is 10.5 Å². The van der Waals surface area contributed by atoms with Gasteiger partial charge in [0.15, 0.2) is 11.6 Å². The highest BCUT2D eigenvalue weighted by atomic mass is 19.1. The number of amides is 2. The standard InChI is InChI=1S/C22H20F2N4O3/c1-2-17(21(29)27-14-5-3-13(23)4-6-14)22(30)28-15-7-8-19(18(24)11-15)31-16-9-10-26-20(25)12-16/h3-12,17H,2H2,1H3,(H2,25,26)(H,27,29)(H,28,30). The predicted molar refractivity (Wildman–Crippen MR) is 113 cm³/mol. The zero-order valence-electron chi connectivity index (χ0n) is 16.6. The first-order valence-corrected chi connectivity index (χ1v) is 9.42. The summed E-state index contributed by atoms with van der Waals surface area (Å²) in [5, 5.41) is 5.09. The van der Waals surface area contributed by atoms with Crippen molar-refractivity contribution in [2.24, 2.45) is 5.92 Å². The smallest absolute Gasteiger partial charge is 0.236 e. The van der Waals surface area contributed by atoms with Crippen LogP contribution in [0.2, 0.25) is 0 Å². The van der Waals surface area contributed by atoms with E-state index in [9.17, 15) is 18.4 Å². The van der Waals surface area contributed by atoms with E-state index in [1.807, 2.05) is 0 Å². The highest BCUT2D eigenvalue weighted by molar-refractivity contribution is 6.10. The molecule has 2 amide bonds. The Balaban J connectivity index is 1.65. The first-order chi connectivity index (χ1) is 14.9. The molecule has 1 unspecified atom stereocenters. The zero-order valence-corrected chi connectivity index (χ0v) is 16.6. The Labute approximate surface area is 177 Å². The fourth-order valence-electron chi connectivity index (χ4n) is 2.76. The Bertz CT molecular complexity index is 1090. The first-order valence-electron chi connectivity index (χ1n) is 9.42. The molecule has 160 valence electrons. The van der Waals surface area contributed by atoms with Crippen molar-refractivity contribution < 1.29 is 23.1 Å². The maximum atomic E-state index is 14.4. The number of benzene rings is 2. The number of hydrogen-bond donors (Lipinski definition) is 3. The molecule has 0 bridgehead atoms. The molecule has 0 radical (unpaired) electrons. The van der Waals surface area contributed by atoms with Gasteiger partial charge in [-0.25, -0.2) is 13.8 Å². The number of nitrogens with zero attached hydrogens (tertiary/aromatic N) is 1. The first kappa shape index (κ1) is 21.7. The van der Waals surface area contributed by atoms with Crippen LogP contribution >= 0.6 is 0 Å². The summed E-state index contributed by atoms with van der Waals surface area (Å²) in [6.07, 6.45) is 1.64. The van der Waals surface area contributed by atoms with Gasteiger partial charge in [-0.15, -0.1) is 0 Å². The lowest BCUT2D eigenvalue weighted by Gasteiger charge is -2.16. The second-order valence-corrected chi connectivity index (χ2v) is 6.61. The highest BCUT2D eigenvalue weighted by Gasteiger charge is 2.25. The maximum Gasteiger partial charge on any atom is 0.236 e. The molecular weight excluding hydrogens is 406 g/mol. The molecule has 0 aliphatic heterocycles. The van der Waals surface area contributed by atoms with Crippen molar-refractivity contribution in [2.75, 3.05) is 16.4 Å². The van der Waals surface area contributed by atoms with Crippen LogP contribution in [0.3, 0.4) is 0 Å². The van der Waals surface area contributed by atoms with Crippen molar-refractivity contribution in [3.8, 4) is 11.5 Å². The normalized spacial score (nSPS) is 11.5. The fourth-order valence-corrected chi connectivity index (χ4v) is 2.76. The largest absolute Gasteiger partial charge is 0.454 e. The number of anilines is 3. The van der Waals surface area contributed by atoms with E-state index in [0.717, 1.165) is 6.07 Å². The van der Waals surface area contributed by atoms with Crippen LogP contribution in [0.4, 0.5) is 26.0 Å². The number of nitrogens with one attached hydrogen (secondary N) is 2. The summed E-state index contributed by atoms with van der Waals surface area (Å²) in [6, 6.07) is 12.0. The molecule has 1 aromatic heterocycles. The number of rotatable bonds is 7. The number of halogens is 2. The third-order valence-corrected chi connectivity index (χ3v) is 4.33. The number of carbonyl (C=O) groups is 2. The molecule has 31 heavy (non-hydrogen) atoms. The van der Waals surface area contributed by atoms with Gasteiger partial charge in [0.1, 0.15) is 23.3 Å². The molecule has 4 N–H and O–H groups in total. The van der Waals surface area contributed by atoms with E-state index >= 15 is 0 Å². The minimum Gasteiger partial charge on any atom is -0.454 e. The average Bonchev–Trinajstić information content (AvgIpc) is 2.72. The summed E-state index contributed by atoms with van der Waals surface area (Å²) in [5.41, 5.74) is 6.10. The Morgan fingerprint density at radius 2 is 1.65 bits per heavy atom. The van der Waals surface area contributed by atoms with Gasteiger partial charge in [-0.3, -0.25) is 9.59 Å². The molecule has 1 atom stereocenters. The summed E-state index contributed by atoms with van der Waals surface area (Å²) < 4.78 is 32.8. The minimum absolute atomic E-state index is 0.0651. The van der Waals surface area contributed by atoms with Crippen LogP contribution in [0.1, 0.15) is 13.3 Å². The van der Waals surface area contributed by atoms with Crippen molar-refractivity contribution in [3.63, 3.8) is 0 Å². The molecule has 9 heteroatoms. The van der Waals surface area contributed by atoms with Crippen LogP contribution in [-0.4, -0.2) is 16.8 Å². The second kappa shape index (κ2) is 9.66. The van der Waals surface area contributed by atoms with Crippen LogP contribution in [0.15, 0.2) is 60.8 Å². The van der Waals surface area contributed by atoms with Gasteiger partial charge in [0.25, 0.3) is 0 Å². The molecule has 0 saturated heterocycles. The van der Waals surface area contributed by atoms with Gasteiger partial charge in [-0.1, -0.05) is 6.92 Å². The zero-order chi connectivity index (χ0) is 22.4. The third-order valence-electron chi connectivity index (χ3n) is 4.33. The topological polar surface area (TPSA) is 106 Å². The van der Waals surface area contributed by atoms with Crippen molar-refractivity contribution in [1.29, 1.82) is 0 Å². The molecular formula is C22H20F2N4O3. The lowest BCUT2D eigenvalue weighted by Crippen LogP contribution is -2.33. The van der Waals surface area contributed by atoms with Gasteiger partial charge in [-0.2, -0.15) is 0 Å². The van der Waals surface area contributed by atoms with Crippen LogP contribution < -0.4 is 21.1 Å². The lowest BCUT2D eigenvalue weighted by molar-refractivity contribution is -0.129. The van der Waals surface area contributed by atoms with Gasteiger partial charge in [0, 0.05) is 29.7 Å². The van der Waals surface area contributed by atoms with Crippen molar-refractivity contribution >= 4 is 29.0 Å². The van der Waals surface area contributed by atoms with Gasteiger partial charge >= 0.3 is 0 Å². The molecule has 3 rings (SSSR count). The number of carbonyl (C=O) groups excluding carboxylic acids is 2. The molecule has 0 fully saturated rings. The van der Waals surface area contributed by atoms with Gasteiger partial charge < -0.3 is 21.1 Å². The molecule has 0 aliphatic rings. The van der Waals surface area contributed by atoms with E-state index in [0.29, 0.717) is 11.4 Å². The average molecular weight is 426 g/mol. The Kier molecular flexibility index (Phi) is 6.76. The van der Waals surface area contributed by atoms with E-state index < -0.39 is 29.4 Å². The van der Waals surface area contributed by atoms with E-state index in [1.165, 1.54) is 54.7 Å². The molecule has 0 aliphatic carbocycles. The number of ether oxygens (including phenoxy) is 1. The van der Waals surface area contributed by atoms with Gasteiger partial charge in [0.2, 0.25) is 11.8 Å². The number of pyridine rings is 1. The Morgan fingerprint density at radius 1 is 1.00 bits per heavy atom. The van der Waals surface area contributed by atoms with Crippen molar-refractivity contribution in [1.82, 2.24) is 4.98 Å². The number of aromatic nitrogens is 1. The Morgan fingerprint density at radius 3 is 2.26 bits per heavy atom. The van der Waals surface area contributed by atoms with Crippen molar-refractivity contribution in [3.05, 3.63) is 72.4 Å². The fraction of sp³-hybridized carbons (Fsp3) is 0.136. The predicted octanol–water partition coefficient (Wildman–Crippen LogP) is 4.34. The van der Waals surface area contributed by atoms with Crippen LogP contribution in [-0.2, 0) is 9.59 Å². The number of nitrogen functional groups attached to an aromatic ring is 1. The second-order valence-electron chi connectivity index (χ2n) is 6.61. The quantitative estimate of drug-likeness (QED) is 0.488. The summed E-state index contributed by atoms with van der Waals surface area (Å²) >= 11 is 0. The SMILES string of the molecule is CCC(C(=O)Nc1ccc(F)cc1)C(=O)Nc1ccc(Oc2ccnc(N)c2)c(F)c1. The van der Waals surface area contributed by atoms with Crippen LogP contribution in [0.5, 0.6) is 11.5 Å². The van der Waals surface area contributed by atoms with Crippen LogP contribution in [0.25, 0.3) is 0 Å². The molecule has 2 aromatic carbocycles. The van der Waals surface area contributed by atoms with Crippen LogP contribution in [0, 0.1) is 17.6 Å². The molecule has 7 nitrogen and oxygen atoms in total. The van der Waals surface area contributed by atoms with Gasteiger partial charge in [-0.05, 0) is 48.9 Å². The third kappa shape index (κ3) is 5.75. The summed E-state index contributed by atoms with van der Waals surface area (Å²) in [6.45, 7) is 1.67. The molecule has 0 spiro atoms. The maximum absolute atomic E-state index is 14.4. The lowest BCUT2D eigenvalue weighted by atomic mass is 10.0. The van der Waals surface area contributed by atoms with E-state index in [2.05, 4.69) is 15.6 Å². The minimum atomic E-state index is -1.02. The Hall–Kier alpha value is -4.01. The van der Waals surface area contributed by atoms with E-state index in [1.54, 1.807) is 6.92 Å². The summed E-state index contributed by atoms with van der Waals surface area (Å²) in [7, 11) is 0. The number of hydrogen-bond acceptors (Lipinski definition) is 5. The molecule has 1 heterocycles. The van der Waals surface area contributed by atoms with Crippen molar-refractivity contribution in [2.45, 2.75) is 13.3 Å². The molecule has 3 aromatic rings. The highest BCUT2D eigenvalue weighted by Crippen LogP contribution is 2.27. The molecule has 0 saturated carbocycles. The summed E-state index contributed by atoms with van der Waals surface area (Å²) in [5.74, 6) is -2.85.